The van der Waals surface area contributed by atoms with Gasteiger partial charge in [-0.25, -0.2) is 0 Å². The van der Waals surface area contributed by atoms with E-state index in [4.69, 9.17) is 13.3 Å². The van der Waals surface area contributed by atoms with E-state index < -0.39 is 16.9 Å². The number of hydrogen-bond donors (Lipinski definition) is 0. The van der Waals surface area contributed by atoms with Gasteiger partial charge in [0, 0.05) is 21.3 Å². The minimum atomic E-state index is -2.69. The molecule has 0 radical (unpaired) electrons. The molecule has 0 N–H and O–H groups in total. The van der Waals surface area contributed by atoms with Gasteiger partial charge in [-0.3, -0.25) is 0 Å². The summed E-state index contributed by atoms with van der Waals surface area (Å²) in [4.78, 5) is 0. The number of allylic oxidation sites excluding steroid dienone is 5. The summed E-state index contributed by atoms with van der Waals surface area (Å²) in [7, 11) is 0.945. The van der Waals surface area contributed by atoms with Gasteiger partial charge in [0.05, 0.1) is 13.6 Å². The highest BCUT2D eigenvalue weighted by Crippen LogP contribution is 2.45. The average Bonchev–Trinajstić information content (AvgIpc) is 2.98. The predicted molar refractivity (Wildman–Crippen MR) is 98.7 cm³/mol. The second-order valence-electron chi connectivity index (χ2n) is 6.45. The second kappa shape index (κ2) is 8.40. The molecule has 0 aromatic rings. The SMILES string of the molecule is C=CC[Si](C)(C)C1=CCC=C1C(CCC)[Si](OC)(OC)OC. The molecular weight excluding hydrogens is 308 g/mol. The van der Waals surface area contributed by atoms with Gasteiger partial charge in [0.2, 0.25) is 0 Å². The second-order valence-corrected chi connectivity index (χ2v) is 14.3. The van der Waals surface area contributed by atoms with E-state index in [1.807, 2.05) is 0 Å². The van der Waals surface area contributed by atoms with Crippen LogP contribution in [0.25, 0.3) is 0 Å². The smallest absolute Gasteiger partial charge is 0.376 e. The zero-order valence-electron chi connectivity index (χ0n) is 15.1. The Morgan fingerprint density at radius 1 is 1.18 bits per heavy atom. The van der Waals surface area contributed by atoms with E-state index in [1.165, 1.54) is 10.8 Å². The van der Waals surface area contributed by atoms with Gasteiger partial charge >= 0.3 is 8.80 Å². The lowest BCUT2D eigenvalue weighted by Gasteiger charge is -2.36. The van der Waals surface area contributed by atoms with Crippen molar-refractivity contribution in [3.05, 3.63) is 35.6 Å². The van der Waals surface area contributed by atoms with Crippen molar-refractivity contribution >= 4 is 16.9 Å². The Labute approximate surface area is 138 Å². The first-order valence-corrected chi connectivity index (χ1v) is 13.1. The van der Waals surface area contributed by atoms with Gasteiger partial charge in [0.25, 0.3) is 0 Å². The summed E-state index contributed by atoms with van der Waals surface area (Å²) in [6.07, 6.45) is 9.94. The number of rotatable bonds is 10. The van der Waals surface area contributed by atoms with Gasteiger partial charge in [0.1, 0.15) is 0 Å². The summed E-state index contributed by atoms with van der Waals surface area (Å²) in [5, 5.41) is 1.54. The van der Waals surface area contributed by atoms with Gasteiger partial charge in [-0.15, -0.1) is 6.58 Å². The van der Waals surface area contributed by atoms with E-state index in [1.54, 1.807) is 21.3 Å². The maximum absolute atomic E-state index is 5.81. The zero-order valence-corrected chi connectivity index (χ0v) is 17.1. The molecule has 1 rings (SSSR count). The molecule has 126 valence electrons. The van der Waals surface area contributed by atoms with Crippen LogP contribution in [0.5, 0.6) is 0 Å². The van der Waals surface area contributed by atoms with E-state index in [-0.39, 0.29) is 5.54 Å². The van der Waals surface area contributed by atoms with Crippen LogP contribution < -0.4 is 0 Å². The Morgan fingerprint density at radius 3 is 2.23 bits per heavy atom. The van der Waals surface area contributed by atoms with Crippen LogP contribution in [-0.2, 0) is 13.3 Å². The van der Waals surface area contributed by atoms with Gasteiger partial charge in [0.15, 0.2) is 0 Å². The van der Waals surface area contributed by atoms with Crippen LogP contribution in [0.2, 0.25) is 24.7 Å². The highest BCUT2D eigenvalue weighted by molar-refractivity contribution is 6.86. The summed E-state index contributed by atoms with van der Waals surface area (Å²) in [5.41, 5.74) is 1.64. The van der Waals surface area contributed by atoms with Gasteiger partial charge in [-0.2, -0.15) is 0 Å². The van der Waals surface area contributed by atoms with E-state index in [0.717, 1.165) is 25.3 Å². The lowest BCUT2D eigenvalue weighted by atomic mass is 10.1. The Hall–Kier alpha value is -0.466. The van der Waals surface area contributed by atoms with Crippen LogP contribution in [-0.4, -0.2) is 38.2 Å². The zero-order chi connectivity index (χ0) is 16.8. The maximum atomic E-state index is 5.81. The molecule has 1 unspecified atom stereocenters. The molecule has 0 aliphatic heterocycles. The largest absolute Gasteiger partial charge is 0.508 e. The fraction of sp³-hybridized carbons (Fsp3) is 0.647. The lowest BCUT2D eigenvalue weighted by molar-refractivity contribution is 0.114. The van der Waals surface area contributed by atoms with Crippen LogP contribution >= 0.6 is 0 Å². The molecule has 0 aromatic heterocycles. The van der Waals surface area contributed by atoms with Crippen molar-refractivity contribution in [2.24, 2.45) is 0 Å². The van der Waals surface area contributed by atoms with E-state index in [0.29, 0.717) is 0 Å². The fourth-order valence-electron chi connectivity index (χ4n) is 3.49. The normalized spacial score (nSPS) is 17.2. The summed E-state index contributed by atoms with van der Waals surface area (Å²) in [6.45, 7) is 11.0. The third-order valence-electron chi connectivity index (χ3n) is 4.59. The third kappa shape index (κ3) is 3.89. The molecule has 5 heteroatoms. The standard InChI is InChI=1S/C17H32O3Si2/c1-8-11-17(22(18-3,19-4)20-5)15-12-10-13-16(15)21(6,7)14-9-2/h9,12-13,17H,2,8,10-11,14H2,1,3-7H3. The number of hydrogen-bond acceptors (Lipinski definition) is 3. The van der Waals surface area contributed by atoms with Crippen LogP contribution in [0.4, 0.5) is 0 Å². The molecule has 0 fully saturated rings. The molecular formula is C17H32O3Si2. The first kappa shape index (κ1) is 19.6. The summed E-state index contributed by atoms with van der Waals surface area (Å²) >= 11 is 0. The van der Waals surface area contributed by atoms with E-state index >= 15 is 0 Å². The van der Waals surface area contributed by atoms with Crippen molar-refractivity contribution in [2.75, 3.05) is 21.3 Å². The minimum Gasteiger partial charge on any atom is -0.376 e. The van der Waals surface area contributed by atoms with Crippen molar-refractivity contribution in [1.29, 1.82) is 0 Å². The quantitative estimate of drug-likeness (QED) is 0.425. The summed E-state index contributed by atoms with van der Waals surface area (Å²) < 4.78 is 17.4. The molecule has 0 saturated carbocycles. The molecule has 0 aromatic carbocycles. The Morgan fingerprint density at radius 2 is 1.77 bits per heavy atom. The molecule has 0 bridgehead atoms. The summed E-state index contributed by atoms with van der Waals surface area (Å²) in [5.74, 6) is 0. The Kier molecular flexibility index (Phi) is 7.48. The Bertz CT molecular complexity index is 429. The highest BCUT2D eigenvalue weighted by Gasteiger charge is 2.50. The minimum absolute atomic E-state index is 0.225. The summed E-state index contributed by atoms with van der Waals surface area (Å²) in [6, 6.07) is 1.09. The van der Waals surface area contributed by atoms with Crippen molar-refractivity contribution < 1.29 is 13.3 Å². The first-order chi connectivity index (χ1) is 10.4. The van der Waals surface area contributed by atoms with Crippen LogP contribution in [0.15, 0.2) is 35.6 Å². The highest BCUT2D eigenvalue weighted by atomic mass is 28.4. The Balaban J connectivity index is 3.21. The first-order valence-electron chi connectivity index (χ1n) is 8.09. The molecule has 1 aliphatic carbocycles. The van der Waals surface area contributed by atoms with E-state index in [2.05, 4.69) is 44.8 Å². The molecule has 0 saturated heterocycles. The topological polar surface area (TPSA) is 27.7 Å². The maximum Gasteiger partial charge on any atom is 0.508 e. The van der Waals surface area contributed by atoms with Gasteiger partial charge in [-0.1, -0.05) is 49.9 Å². The van der Waals surface area contributed by atoms with Crippen molar-refractivity contribution in [1.82, 2.24) is 0 Å². The van der Waals surface area contributed by atoms with Crippen molar-refractivity contribution in [2.45, 2.75) is 50.9 Å². The van der Waals surface area contributed by atoms with Gasteiger partial charge < -0.3 is 13.3 Å². The van der Waals surface area contributed by atoms with Crippen LogP contribution in [0, 0.1) is 0 Å². The molecule has 0 amide bonds. The molecule has 1 atom stereocenters. The monoisotopic (exact) mass is 340 g/mol. The predicted octanol–water partition coefficient (Wildman–Crippen LogP) is 4.72. The van der Waals surface area contributed by atoms with Crippen LogP contribution in [0.3, 0.4) is 0 Å². The van der Waals surface area contributed by atoms with Gasteiger partial charge in [-0.05, 0) is 24.5 Å². The fourth-order valence-corrected chi connectivity index (χ4v) is 8.95. The van der Waals surface area contributed by atoms with Crippen LogP contribution in [0.1, 0.15) is 26.2 Å². The molecule has 1 aliphatic rings. The lowest BCUT2D eigenvalue weighted by Crippen LogP contribution is -2.49. The van der Waals surface area contributed by atoms with Crippen molar-refractivity contribution in [3.63, 3.8) is 0 Å². The molecule has 22 heavy (non-hydrogen) atoms. The van der Waals surface area contributed by atoms with Crippen molar-refractivity contribution in [3.8, 4) is 0 Å². The van der Waals surface area contributed by atoms with E-state index in [9.17, 15) is 0 Å². The molecule has 3 nitrogen and oxygen atoms in total. The molecule has 0 spiro atoms. The molecule has 0 heterocycles. The third-order valence-corrected chi connectivity index (χ3v) is 11.0. The average molecular weight is 341 g/mol.